The number of methoxy groups -OCH3 is 2. The van der Waals surface area contributed by atoms with E-state index in [1.807, 2.05) is 49.4 Å². The van der Waals surface area contributed by atoms with Crippen molar-refractivity contribution in [2.75, 3.05) is 20.8 Å². The lowest BCUT2D eigenvalue weighted by molar-refractivity contribution is -0.115. The molecule has 0 fully saturated rings. The van der Waals surface area contributed by atoms with Crippen molar-refractivity contribution in [3.05, 3.63) is 59.2 Å². The van der Waals surface area contributed by atoms with Crippen LogP contribution in [0.3, 0.4) is 0 Å². The zero-order valence-electron chi connectivity index (χ0n) is 14.2. The van der Waals surface area contributed by atoms with E-state index in [1.54, 1.807) is 14.2 Å². The number of hydrogen-bond donors (Lipinski definition) is 1. The molecule has 2 aromatic carbocycles. The molecule has 1 aliphatic heterocycles. The fraction of sp³-hybridized carbons (Fsp3) is 0.250. The number of amides is 1. The average molecular weight is 323 g/mol. The Morgan fingerprint density at radius 2 is 1.67 bits per heavy atom. The fourth-order valence-corrected chi connectivity index (χ4v) is 3.13. The third-order valence-electron chi connectivity index (χ3n) is 4.36. The Balaban J connectivity index is 2.25. The maximum absolute atomic E-state index is 12.6. The van der Waals surface area contributed by atoms with Crippen molar-refractivity contribution in [2.45, 2.75) is 13.3 Å². The quantitative estimate of drug-likeness (QED) is 0.943. The lowest BCUT2D eigenvalue weighted by Crippen LogP contribution is -2.29. The van der Waals surface area contributed by atoms with Gasteiger partial charge in [0, 0.05) is 6.54 Å². The predicted octanol–water partition coefficient (Wildman–Crippen LogP) is 3.31. The van der Waals surface area contributed by atoms with Gasteiger partial charge in [0.2, 0.25) is 0 Å². The van der Waals surface area contributed by atoms with E-state index >= 15 is 0 Å². The summed E-state index contributed by atoms with van der Waals surface area (Å²) in [5.74, 6) is 1.33. The Labute approximate surface area is 142 Å². The summed E-state index contributed by atoms with van der Waals surface area (Å²) in [4.78, 5) is 12.6. The molecule has 0 aliphatic carbocycles. The summed E-state index contributed by atoms with van der Waals surface area (Å²) < 4.78 is 10.9. The molecule has 1 aliphatic rings. The number of allylic oxidation sites excluding steroid dienone is 1. The molecule has 4 heteroatoms. The largest absolute Gasteiger partial charge is 0.493 e. The van der Waals surface area contributed by atoms with Gasteiger partial charge in [0.1, 0.15) is 0 Å². The zero-order chi connectivity index (χ0) is 17.1. The first-order valence-electron chi connectivity index (χ1n) is 7.95. The van der Waals surface area contributed by atoms with E-state index < -0.39 is 0 Å². The second-order valence-corrected chi connectivity index (χ2v) is 5.74. The number of rotatable bonds is 3. The second kappa shape index (κ2) is 6.79. The van der Waals surface area contributed by atoms with Crippen LogP contribution in [-0.2, 0) is 11.2 Å². The highest BCUT2D eigenvalue weighted by Crippen LogP contribution is 2.37. The van der Waals surface area contributed by atoms with Crippen LogP contribution in [0.5, 0.6) is 11.5 Å². The molecule has 24 heavy (non-hydrogen) atoms. The molecule has 124 valence electrons. The summed E-state index contributed by atoms with van der Waals surface area (Å²) in [5, 5.41) is 3.00. The molecule has 0 unspecified atom stereocenters. The third kappa shape index (κ3) is 2.87. The average Bonchev–Trinajstić information content (AvgIpc) is 2.61. The van der Waals surface area contributed by atoms with Crippen LogP contribution in [0.25, 0.3) is 11.1 Å². The first kappa shape index (κ1) is 16.1. The molecule has 0 saturated heterocycles. The number of fused-ring (bicyclic) bond motifs is 1. The van der Waals surface area contributed by atoms with Crippen LogP contribution in [0, 0.1) is 0 Å². The topological polar surface area (TPSA) is 47.6 Å². The Morgan fingerprint density at radius 1 is 1.00 bits per heavy atom. The lowest BCUT2D eigenvalue weighted by atomic mass is 9.89. The Bertz CT molecular complexity index is 794. The molecule has 0 aromatic heterocycles. The van der Waals surface area contributed by atoms with E-state index in [0.29, 0.717) is 23.6 Å². The van der Waals surface area contributed by atoms with Crippen molar-refractivity contribution in [3.63, 3.8) is 0 Å². The summed E-state index contributed by atoms with van der Waals surface area (Å²) in [6.07, 6.45) is 0.751. The summed E-state index contributed by atoms with van der Waals surface area (Å²) in [7, 11) is 3.25. The van der Waals surface area contributed by atoms with Gasteiger partial charge in [-0.05, 0) is 47.7 Å². The van der Waals surface area contributed by atoms with Gasteiger partial charge >= 0.3 is 0 Å². The van der Waals surface area contributed by atoms with Crippen LogP contribution < -0.4 is 14.8 Å². The molecule has 0 radical (unpaired) electrons. The van der Waals surface area contributed by atoms with Crippen molar-refractivity contribution >= 4 is 17.1 Å². The molecule has 0 spiro atoms. The Morgan fingerprint density at radius 3 is 2.33 bits per heavy atom. The highest BCUT2D eigenvalue weighted by molar-refractivity contribution is 6.27. The normalized spacial score (nSPS) is 17.4. The van der Waals surface area contributed by atoms with E-state index in [0.717, 1.165) is 28.7 Å². The van der Waals surface area contributed by atoms with Crippen LogP contribution >= 0.6 is 0 Å². The number of carbonyl (C=O) groups is 1. The van der Waals surface area contributed by atoms with Crippen LogP contribution in [0.15, 0.2) is 42.5 Å². The summed E-state index contributed by atoms with van der Waals surface area (Å²) in [6.45, 7) is 2.57. The zero-order valence-corrected chi connectivity index (χ0v) is 14.2. The van der Waals surface area contributed by atoms with E-state index in [-0.39, 0.29) is 5.91 Å². The van der Waals surface area contributed by atoms with Crippen molar-refractivity contribution in [1.29, 1.82) is 0 Å². The van der Waals surface area contributed by atoms with Gasteiger partial charge in [0.05, 0.1) is 19.8 Å². The van der Waals surface area contributed by atoms with Crippen molar-refractivity contribution < 1.29 is 14.3 Å². The number of nitrogens with one attached hydrogen (secondary N) is 1. The molecule has 0 saturated carbocycles. The Kier molecular flexibility index (Phi) is 4.56. The van der Waals surface area contributed by atoms with Crippen LogP contribution in [0.1, 0.15) is 23.6 Å². The molecule has 1 amide bonds. The molecule has 0 bridgehead atoms. The Hall–Kier alpha value is -2.75. The minimum Gasteiger partial charge on any atom is -0.493 e. The smallest absolute Gasteiger partial charge is 0.252 e. The van der Waals surface area contributed by atoms with E-state index in [2.05, 4.69) is 5.32 Å². The van der Waals surface area contributed by atoms with Gasteiger partial charge in [-0.1, -0.05) is 30.3 Å². The standard InChI is InChI=1S/C20H21NO3/c1-13-16-12-18(24-3)17(23-2)11-15(16)9-10-21-20(22)19(13)14-7-5-4-6-8-14/h4-8,11-12H,9-10H2,1-3H3,(H,21,22)/b19-13-. The van der Waals surface area contributed by atoms with E-state index in [9.17, 15) is 4.79 Å². The maximum Gasteiger partial charge on any atom is 0.252 e. The molecule has 1 N–H and O–H groups in total. The SMILES string of the molecule is COc1cc2c(cc1OC)/C(C)=C(/c1ccccc1)C(=O)NCC2. The third-order valence-corrected chi connectivity index (χ3v) is 4.36. The van der Waals surface area contributed by atoms with Crippen molar-refractivity contribution in [1.82, 2.24) is 5.32 Å². The minimum atomic E-state index is -0.0425. The van der Waals surface area contributed by atoms with E-state index in [1.165, 1.54) is 0 Å². The number of carbonyl (C=O) groups excluding carboxylic acids is 1. The first-order valence-corrected chi connectivity index (χ1v) is 7.95. The van der Waals surface area contributed by atoms with Gasteiger partial charge in [-0.15, -0.1) is 0 Å². The number of ether oxygens (including phenoxy) is 2. The molecule has 3 rings (SSSR count). The predicted molar refractivity (Wildman–Crippen MR) is 95.2 cm³/mol. The molecule has 4 nitrogen and oxygen atoms in total. The van der Waals surface area contributed by atoms with Crippen LogP contribution in [-0.4, -0.2) is 26.7 Å². The molecular weight excluding hydrogens is 302 g/mol. The highest BCUT2D eigenvalue weighted by atomic mass is 16.5. The maximum atomic E-state index is 12.6. The van der Waals surface area contributed by atoms with Gasteiger partial charge < -0.3 is 14.8 Å². The van der Waals surface area contributed by atoms with Crippen molar-refractivity contribution in [3.8, 4) is 11.5 Å². The van der Waals surface area contributed by atoms with Gasteiger partial charge in [-0.2, -0.15) is 0 Å². The summed E-state index contributed by atoms with van der Waals surface area (Å²) in [5.41, 5.74) is 4.72. The monoisotopic (exact) mass is 323 g/mol. The second-order valence-electron chi connectivity index (χ2n) is 5.74. The van der Waals surface area contributed by atoms with Gasteiger partial charge in [0.15, 0.2) is 11.5 Å². The van der Waals surface area contributed by atoms with Crippen molar-refractivity contribution in [2.24, 2.45) is 0 Å². The first-order chi connectivity index (χ1) is 11.7. The lowest BCUT2D eigenvalue weighted by Gasteiger charge is -2.21. The minimum absolute atomic E-state index is 0.0425. The molecule has 0 atom stereocenters. The van der Waals surface area contributed by atoms with Crippen LogP contribution in [0.4, 0.5) is 0 Å². The summed E-state index contributed by atoms with van der Waals surface area (Å²) >= 11 is 0. The van der Waals surface area contributed by atoms with Gasteiger partial charge in [0.25, 0.3) is 5.91 Å². The molecular formula is C20H21NO3. The molecule has 1 heterocycles. The summed E-state index contributed by atoms with van der Waals surface area (Å²) in [6, 6.07) is 13.7. The molecule has 2 aromatic rings. The fourth-order valence-electron chi connectivity index (χ4n) is 3.13. The number of hydrogen-bond acceptors (Lipinski definition) is 3. The van der Waals surface area contributed by atoms with Gasteiger partial charge in [-0.3, -0.25) is 4.79 Å². The number of benzene rings is 2. The van der Waals surface area contributed by atoms with E-state index in [4.69, 9.17) is 9.47 Å². The highest BCUT2D eigenvalue weighted by Gasteiger charge is 2.22. The van der Waals surface area contributed by atoms with Crippen LogP contribution in [0.2, 0.25) is 0 Å². The van der Waals surface area contributed by atoms with Gasteiger partial charge in [-0.25, -0.2) is 0 Å².